The second-order valence-electron chi connectivity index (χ2n) is 8.93. The number of aliphatic carboxylic acids is 1. The summed E-state index contributed by atoms with van der Waals surface area (Å²) in [6.45, 7) is 1.40. The van der Waals surface area contributed by atoms with Gasteiger partial charge in [-0.1, -0.05) is 41.7 Å². The van der Waals surface area contributed by atoms with Crippen LogP contribution in [0.4, 0.5) is 0 Å². The van der Waals surface area contributed by atoms with E-state index in [4.69, 9.17) is 0 Å². The van der Waals surface area contributed by atoms with Crippen LogP contribution in [0.5, 0.6) is 0 Å². The molecule has 2 amide bonds. The second kappa shape index (κ2) is 6.56. The van der Waals surface area contributed by atoms with Gasteiger partial charge in [0.25, 0.3) is 0 Å². The van der Waals surface area contributed by atoms with Crippen LogP contribution in [-0.2, 0) is 14.4 Å². The van der Waals surface area contributed by atoms with E-state index < -0.39 is 23.8 Å². The second-order valence-corrected chi connectivity index (χ2v) is 11.1. The fourth-order valence-electron chi connectivity index (χ4n) is 6.57. The molecule has 2 bridgehead atoms. The van der Waals surface area contributed by atoms with Crippen molar-refractivity contribution in [1.82, 2.24) is 9.88 Å². The summed E-state index contributed by atoms with van der Waals surface area (Å²) in [5, 5.41) is 10.4. The maximum atomic E-state index is 13.3. The highest BCUT2D eigenvalue weighted by Crippen LogP contribution is 2.68. The number of carboxylic acids is 1. The molecule has 3 heterocycles. The first-order valence-electron chi connectivity index (χ1n) is 10.4. The molecular formula is C22H20N2O5S2. The van der Waals surface area contributed by atoms with E-state index in [1.807, 2.05) is 18.2 Å². The SMILES string of the molecule is C[C@H](C(=O)O)N1C(=O)[C@@H]2[C@@H]3C[C@@H]([C@H]4Sc5[nH]c(=O)sc5[C@H](c5ccccc5)[C@@H]34)[C@@H]2C1=O. The van der Waals surface area contributed by atoms with Crippen LogP contribution in [-0.4, -0.2) is 44.1 Å². The minimum Gasteiger partial charge on any atom is -0.480 e. The summed E-state index contributed by atoms with van der Waals surface area (Å²) in [7, 11) is 0. The van der Waals surface area contributed by atoms with Gasteiger partial charge in [0.05, 0.1) is 16.9 Å². The molecule has 6 rings (SSSR count). The van der Waals surface area contributed by atoms with Gasteiger partial charge in [0.1, 0.15) is 6.04 Å². The van der Waals surface area contributed by atoms with Gasteiger partial charge in [-0.3, -0.25) is 19.3 Å². The predicted molar refractivity (Wildman–Crippen MR) is 114 cm³/mol. The molecule has 2 saturated carbocycles. The zero-order chi connectivity index (χ0) is 21.6. The van der Waals surface area contributed by atoms with Gasteiger partial charge in [0.2, 0.25) is 11.8 Å². The van der Waals surface area contributed by atoms with Gasteiger partial charge in [0, 0.05) is 16.0 Å². The van der Waals surface area contributed by atoms with E-state index in [1.54, 1.807) is 11.8 Å². The Bertz CT molecular complexity index is 1170. The highest BCUT2D eigenvalue weighted by molar-refractivity contribution is 8.00. The van der Waals surface area contributed by atoms with Crippen LogP contribution in [0, 0.1) is 29.6 Å². The number of H-pyrrole nitrogens is 1. The normalized spacial score (nSPS) is 36.3. The number of thioether (sulfide) groups is 1. The van der Waals surface area contributed by atoms with E-state index in [2.05, 4.69) is 17.1 Å². The Morgan fingerprint density at radius 2 is 1.81 bits per heavy atom. The fraction of sp³-hybridized carbons (Fsp3) is 0.455. The van der Waals surface area contributed by atoms with Gasteiger partial charge in [-0.2, -0.15) is 0 Å². The number of likely N-dealkylation sites (tertiary alicyclic amines) is 1. The molecule has 2 aliphatic carbocycles. The van der Waals surface area contributed by atoms with E-state index in [9.17, 15) is 24.3 Å². The lowest BCUT2D eigenvalue weighted by molar-refractivity contribution is -0.154. The number of aromatic amines is 1. The number of carbonyl (C=O) groups excluding carboxylic acids is 2. The summed E-state index contributed by atoms with van der Waals surface area (Å²) < 4.78 is 0. The number of nitrogens with zero attached hydrogens (tertiary/aromatic N) is 1. The molecule has 2 aromatic rings. The smallest absolute Gasteiger partial charge is 0.326 e. The van der Waals surface area contributed by atoms with Gasteiger partial charge >= 0.3 is 10.8 Å². The molecule has 1 saturated heterocycles. The molecule has 4 aliphatic rings. The Hall–Kier alpha value is -2.39. The van der Waals surface area contributed by atoms with Crippen molar-refractivity contribution >= 4 is 40.9 Å². The first kappa shape index (κ1) is 19.3. The van der Waals surface area contributed by atoms with Crippen molar-refractivity contribution in [2.45, 2.75) is 35.6 Å². The topological polar surface area (TPSA) is 108 Å². The van der Waals surface area contributed by atoms with Crippen LogP contribution in [0.25, 0.3) is 0 Å². The lowest BCUT2D eigenvalue weighted by Crippen LogP contribution is -2.44. The van der Waals surface area contributed by atoms with Crippen LogP contribution in [0.2, 0.25) is 0 Å². The summed E-state index contributed by atoms with van der Waals surface area (Å²) >= 11 is 2.87. The summed E-state index contributed by atoms with van der Waals surface area (Å²) in [4.78, 5) is 55.1. The molecule has 31 heavy (non-hydrogen) atoms. The molecule has 2 aliphatic heterocycles. The molecule has 7 nitrogen and oxygen atoms in total. The summed E-state index contributed by atoms with van der Waals surface area (Å²) in [6, 6.07) is 8.91. The molecule has 3 fully saturated rings. The van der Waals surface area contributed by atoms with Gasteiger partial charge < -0.3 is 10.1 Å². The van der Waals surface area contributed by atoms with Crippen molar-refractivity contribution in [1.29, 1.82) is 0 Å². The van der Waals surface area contributed by atoms with Crippen molar-refractivity contribution < 1.29 is 19.5 Å². The molecule has 9 heteroatoms. The zero-order valence-corrected chi connectivity index (χ0v) is 18.2. The number of nitrogens with one attached hydrogen (secondary N) is 1. The van der Waals surface area contributed by atoms with E-state index in [1.165, 1.54) is 18.3 Å². The number of hydrogen-bond donors (Lipinski definition) is 2. The van der Waals surface area contributed by atoms with E-state index in [-0.39, 0.29) is 45.6 Å². The molecule has 1 aromatic heterocycles. The molecule has 0 unspecified atom stereocenters. The Morgan fingerprint density at radius 3 is 2.48 bits per heavy atom. The summed E-state index contributed by atoms with van der Waals surface area (Å²) in [5.41, 5.74) is 1.12. The lowest BCUT2D eigenvalue weighted by Gasteiger charge is -2.43. The quantitative estimate of drug-likeness (QED) is 0.687. The maximum Gasteiger partial charge on any atom is 0.326 e. The first-order valence-corrected chi connectivity index (χ1v) is 12.1. The van der Waals surface area contributed by atoms with Crippen LogP contribution in [0.3, 0.4) is 0 Å². The van der Waals surface area contributed by atoms with Gasteiger partial charge in [-0.05, 0) is 36.7 Å². The number of aromatic nitrogens is 1. The van der Waals surface area contributed by atoms with Crippen molar-refractivity contribution in [2.75, 3.05) is 0 Å². The number of fused-ring (bicyclic) bond motifs is 9. The Morgan fingerprint density at radius 1 is 1.13 bits per heavy atom. The fourth-order valence-corrected chi connectivity index (χ4v) is 9.45. The van der Waals surface area contributed by atoms with Gasteiger partial charge in [0.15, 0.2) is 0 Å². The van der Waals surface area contributed by atoms with Crippen LogP contribution in [0.15, 0.2) is 40.2 Å². The van der Waals surface area contributed by atoms with Crippen molar-refractivity contribution in [2.24, 2.45) is 29.6 Å². The first-order chi connectivity index (χ1) is 14.9. The molecule has 8 atom stereocenters. The van der Waals surface area contributed by atoms with E-state index >= 15 is 0 Å². The third kappa shape index (κ3) is 2.47. The minimum atomic E-state index is -1.16. The zero-order valence-electron chi connectivity index (χ0n) is 16.6. The average molecular weight is 457 g/mol. The highest BCUT2D eigenvalue weighted by Gasteiger charge is 2.70. The Balaban J connectivity index is 1.46. The van der Waals surface area contributed by atoms with Crippen molar-refractivity contribution in [3.8, 4) is 0 Å². The number of thiazole rings is 1. The lowest BCUT2D eigenvalue weighted by atomic mass is 9.68. The van der Waals surface area contributed by atoms with Gasteiger partial charge in [-0.25, -0.2) is 4.79 Å². The van der Waals surface area contributed by atoms with E-state index in [0.29, 0.717) is 0 Å². The molecule has 0 radical (unpaired) electrons. The number of imide groups is 1. The Labute approximate surface area is 185 Å². The third-order valence-corrected chi connectivity index (χ3v) is 10.2. The molecule has 2 N–H and O–H groups in total. The number of amides is 2. The number of hydrogen-bond acceptors (Lipinski definition) is 6. The number of rotatable bonds is 3. The molecule has 1 aromatic carbocycles. The van der Waals surface area contributed by atoms with Crippen LogP contribution in [0.1, 0.15) is 29.7 Å². The van der Waals surface area contributed by atoms with Crippen LogP contribution >= 0.6 is 23.1 Å². The summed E-state index contributed by atoms with van der Waals surface area (Å²) in [6.07, 6.45) is 0.799. The monoisotopic (exact) mass is 456 g/mol. The van der Waals surface area contributed by atoms with E-state index in [0.717, 1.165) is 26.8 Å². The van der Waals surface area contributed by atoms with Crippen molar-refractivity contribution in [3.63, 3.8) is 0 Å². The van der Waals surface area contributed by atoms with Crippen LogP contribution < -0.4 is 4.87 Å². The standard InChI is InChI=1S/C22H20N2O5S2/c1-8(21(27)28)24-19(25)14-10-7-11(15(14)20(24)26)16-13(10)12(9-5-3-2-4-6-9)17-18(30-16)23-22(29)31-17/h2-6,8,10-16H,7H2,1H3,(H,23,29)(H,27,28)/t8-,10-,11-,12-,13-,14-,15+,16-/m1/s1. The number of carboxylic acid groups (broad SMARTS) is 1. The maximum absolute atomic E-state index is 13.3. The number of carbonyl (C=O) groups is 3. The third-order valence-electron chi connectivity index (χ3n) is 7.66. The van der Waals surface area contributed by atoms with Gasteiger partial charge in [-0.15, -0.1) is 11.8 Å². The highest BCUT2D eigenvalue weighted by atomic mass is 32.2. The molecular weight excluding hydrogens is 436 g/mol. The average Bonchev–Trinajstić information content (AvgIpc) is 3.47. The minimum absolute atomic E-state index is 0.00352. The molecule has 0 spiro atoms. The predicted octanol–water partition coefficient (Wildman–Crippen LogP) is 2.38. The molecule has 160 valence electrons. The number of benzene rings is 1. The van der Waals surface area contributed by atoms with Crippen molar-refractivity contribution in [3.05, 3.63) is 50.4 Å². The Kier molecular flexibility index (Phi) is 4.08. The largest absolute Gasteiger partial charge is 0.480 e. The summed E-state index contributed by atoms with van der Waals surface area (Å²) in [5.74, 6) is -2.59.